The molecular formula is C20H34N2O. The predicted octanol–water partition coefficient (Wildman–Crippen LogP) is 3.78. The van der Waals surface area contributed by atoms with Crippen molar-refractivity contribution < 1.29 is 4.74 Å². The van der Waals surface area contributed by atoms with E-state index in [1.807, 2.05) is 0 Å². The second-order valence-corrected chi connectivity index (χ2v) is 7.48. The van der Waals surface area contributed by atoms with E-state index in [2.05, 4.69) is 61.8 Å². The summed E-state index contributed by atoms with van der Waals surface area (Å²) in [7, 11) is 0. The van der Waals surface area contributed by atoms with Gasteiger partial charge in [0, 0.05) is 32.7 Å². The molecule has 0 saturated carbocycles. The molecule has 0 aliphatic carbocycles. The van der Waals surface area contributed by atoms with Gasteiger partial charge < -0.3 is 9.64 Å². The first-order valence-corrected chi connectivity index (χ1v) is 9.17. The van der Waals surface area contributed by atoms with Crippen LogP contribution in [0.1, 0.15) is 45.2 Å². The van der Waals surface area contributed by atoms with Crippen LogP contribution in [0.25, 0.3) is 0 Å². The van der Waals surface area contributed by atoms with Crippen LogP contribution in [-0.2, 0) is 17.9 Å². The van der Waals surface area contributed by atoms with Gasteiger partial charge in [0.1, 0.15) is 0 Å². The Balaban J connectivity index is 1.71. The zero-order valence-corrected chi connectivity index (χ0v) is 15.4. The Labute approximate surface area is 142 Å². The van der Waals surface area contributed by atoms with Crippen molar-refractivity contribution in [1.82, 2.24) is 9.80 Å². The highest BCUT2D eigenvalue weighted by atomic mass is 16.5. The number of hydrogen-bond acceptors (Lipinski definition) is 3. The van der Waals surface area contributed by atoms with E-state index in [1.165, 1.54) is 50.3 Å². The van der Waals surface area contributed by atoms with Gasteiger partial charge in [0.2, 0.25) is 0 Å². The summed E-state index contributed by atoms with van der Waals surface area (Å²) in [6.07, 6.45) is 1.61. The van der Waals surface area contributed by atoms with Gasteiger partial charge in [-0.1, -0.05) is 38.1 Å². The molecule has 2 rings (SSSR count). The Kier molecular flexibility index (Phi) is 7.54. The van der Waals surface area contributed by atoms with Crippen LogP contribution >= 0.6 is 0 Å². The normalized spacial score (nSPS) is 17.3. The lowest BCUT2D eigenvalue weighted by atomic mass is 10.1. The van der Waals surface area contributed by atoms with Crippen molar-refractivity contribution in [2.45, 2.75) is 53.4 Å². The van der Waals surface area contributed by atoms with Crippen LogP contribution < -0.4 is 0 Å². The average Bonchev–Trinajstić information content (AvgIpc) is 2.53. The van der Waals surface area contributed by atoms with Crippen LogP contribution in [0.2, 0.25) is 0 Å². The number of nitrogens with zero attached hydrogens (tertiary/aromatic N) is 2. The Morgan fingerprint density at radius 2 is 1.43 bits per heavy atom. The Morgan fingerprint density at radius 1 is 0.870 bits per heavy atom. The monoisotopic (exact) mass is 318 g/mol. The molecule has 0 bridgehead atoms. The minimum absolute atomic E-state index is 0.293. The molecule has 3 heteroatoms. The Hall–Kier alpha value is -0.900. The van der Waals surface area contributed by atoms with E-state index in [-0.39, 0.29) is 0 Å². The summed E-state index contributed by atoms with van der Waals surface area (Å²) in [6.45, 7) is 16.6. The first-order valence-electron chi connectivity index (χ1n) is 9.17. The summed E-state index contributed by atoms with van der Waals surface area (Å²) >= 11 is 0. The molecule has 0 radical (unpaired) electrons. The molecule has 0 N–H and O–H groups in total. The van der Waals surface area contributed by atoms with E-state index in [9.17, 15) is 0 Å². The number of rotatable bonds is 8. The van der Waals surface area contributed by atoms with Gasteiger partial charge in [-0.05, 0) is 43.9 Å². The van der Waals surface area contributed by atoms with Crippen molar-refractivity contribution in [3.8, 4) is 0 Å². The third-order valence-electron chi connectivity index (χ3n) is 4.50. The zero-order valence-electron chi connectivity index (χ0n) is 15.4. The molecular weight excluding hydrogens is 284 g/mol. The first kappa shape index (κ1) is 18.4. The Morgan fingerprint density at radius 3 is 2.00 bits per heavy atom. The molecule has 1 aliphatic heterocycles. The average molecular weight is 319 g/mol. The molecule has 1 aromatic rings. The lowest BCUT2D eigenvalue weighted by Crippen LogP contribution is -2.46. The van der Waals surface area contributed by atoms with E-state index in [0.717, 1.165) is 12.5 Å². The molecule has 0 atom stereocenters. The molecule has 1 aliphatic rings. The standard InChI is InChI=1S/C20H34N2O/c1-17(2)9-10-21-11-13-22(14-12-21)15-19-5-7-20(8-6-19)16-23-18(3)4/h5-8,17-18H,9-16H2,1-4H3. The van der Waals surface area contributed by atoms with Gasteiger partial charge in [0.25, 0.3) is 0 Å². The summed E-state index contributed by atoms with van der Waals surface area (Å²) in [5, 5.41) is 0. The summed E-state index contributed by atoms with van der Waals surface area (Å²) in [6, 6.07) is 8.92. The van der Waals surface area contributed by atoms with Gasteiger partial charge in [-0.15, -0.1) is 0 Å². The summed E-state index contributed by atoms with van der Waals surface area (Å²) in [5.41, 5.74) is 2.68. The smallest absolute Gasteiger partial charge is 0.0720 e. The fourth-order valence-corrected chi connectivity index (χ4v) is 2.87. The van der Waals surface area contributed by atoms with Crippen molar-refractivity contribution in [2.24, 2.45) is 5.92 Å². The van der Waals surface area contributed by atoms with E-state index >= 15 is 0 Å². The third-order valence-corrected chi connectivity index (χ3v) is 4.50. The zero-order chi connectivity index (χ0) is 16.7. The van der Waals surface area contributed by atoms with Gasteiger partial charge in [-0.25, -0.2) is 0 Å². The molecule has 130 valence electrons. The second kappa shape index (κ2) is 9.41. The van der Waals surface area contributed by atoms with Crippen molar-refractivity contribution in [3.05, 3.63) is 35.4 Å². The van der Waals surface area contributed by atoms with Gasteiger partial charge in [-0.2, -0.15) is 0 Å². The first-order chi connectivity index (χ1) is 11.0. The minimum atomic E-state index is 0.293. The van der Waals surface area contributed by atoms with Gasteiger partial charge in [0.05, 0.1) is 12.7 Å². The van der Waals surface area contributed by atoms with Crippen LogP contribution in [0.15, 0.2) is 24.3 Å². The van der Waals surface area contributed by atoms with E-state index in [0.29, 0.717) is 12.7 Å². The van der Waals surface area contributed by atoms with Gasteiger partial charge >= 0.3 is 0 Å². The van der Waals surface area contributed by atoms with Crippen molar-refractivity contribution >= 4 is 0 Å². The summed E-state index contributed by atoms with van der Waals surface area (Å²) < 4.78 is 5.65. The molecule has 0 amide bonds. The molecule has 1 fully saturated rings. The number of ether oxygens (including phenoxy) is 1. The van der Waals surface area contributed by atoms with Crippen LogP contribution in [0, 0.1) is 5.92 Å². The molecule has 3 nitrogen and oxygen atoms in total. The topological polar surface area (TPSA) is 15.7 Å². The Bertz CT molecular complexity index is 433. The van der Waals surface area contributed by atoms with Crippen LogP contribution in [0.3, 0.4) is 0 Å². The van der Waals surface area contributed by atoms with Crippen LogP contribution in [0.5, 0.6) is 0 Å². The predicted molar refractivity (Wildman–Crippen MR) is 97.5 cm³/mol. The van der Waals surface area contributed by atoms with Gasteiger partial charge in [0.15, 0.2) is 0 Å². The van der Waals surface area contributed by atoms with E-state index in [1.54, 1.807) is 0 Å². The van der Waals surface area contributed by atoms with Crippen LogP contribution in [-0.4, -0.2) is 48.6 Å². The molecule has 23 heavy (non-hydrogen) atoms. The number of hydrogen-bond donors (Lipinski definition) is 0. The van der Waals surface area contributed by atoms with Gasteiger partial charge in [-0.3, -0.25) is 4.90 Å². The van der Waals surface area contributed by atoms with Crippen molar-refractivity contribution in [2.75, 3.05) is 32.7 Å². The number of piperazine rings is 1. The third kappa shape index (κ3) is 7.03. The fourth-order valence-electron chi connectivity index (χ4n) is 2.87. The lowest BCUT2D eigenvalue weighted by molar-refractivity contribution is 0.0657. The highest BCUT2D eigenvalue weighted by molar-refractivity contribution is 5.22. The molecule has 1 aromatic carbocycles. The van der Waals surface area contributed by atoms with E-state index in [4.69, 9.17) is 4.74 Å². The SMILES string of the molecule is CC(C)CCN1CCN(Cc2ccc(COC(C)C)cc2)CC1. The molecule has 1 saturated heterocycles. The molecule has 0 aromatic heterocycles. The number of benzene rings is 1. The second-order valence-electron chi connectivity index (χ2n) is 7.48. The maximum atomic E-state index is 5.65. The van der Waals surface area contributed by atoms with E-state index < -0.39 is 0 Å². The molecule has 1 heterocycles. The van der Waals surface area contributed by atoms with Crippen LogP contribution in [0.4, 0.5) is 0 Å². The quantitative estimate of drug-likeness (QED) is 0.725. The van der Waals surface area contributed by atoms with Crippen molar-refractivity contribution in [1.29, 1.82) is 0 Å². The summed E-state index contributed by atoms with van der Waals surface area (Å²) in [4.78, 5) is 5.19. The highest BCUT2D eigenvalue weighted by Gasteiger charge is 2.16. The van der Waals surface area contributed by atoms with Crippen molar-refractivity contribution in [3.63, 3.8) is 0 Å². The minimum Gasteiger partial charge on any atom is -0.374 e. The largest absolute Gasteiger partial charge is 0.374 e. The molecule has 0 spiro atoms. The molecule has 0 unspecified atom stereocenters. The maximum Gasteiger partial charge on any atom is 0.0720 e. The highest BCUT2D eigenvalue weighted by Crippen LogP contribution is 2.12. The lowest BCUT2D eigenvalue weighted by Gasteiger charge is -2.35. The fraction of sp³-hybridized carbons (Fsp3) is 0.700. The summed E-state index contributed by atoms with van der Waals surface area (Å²) in [5.74, 6) is 0.811. The maximum absolute atomic E-state index is 5.65.